The van der Waals surface area contributed by atoms with Gasteiger partial charge in [-0.1, -0.05) is 24.6 Å². The number of nitrogens with one attached hydrogen (secondary N) is 1. The molecule has 6 nitrogen and oxygen atoms in total. The van der Waals surface area contributed by atoms with Gasteiger partial charge in [-0.3, -0.25) is 9.78 Å². The molecule has 0 unspecified atom stereocenters. The van der Waals surface area contributed by atoms with Crippen LogP contribution < -0.4 is 10.4 Å². The number of ketones is 1. The van der Waals surface area contributed by atoms with E-state index in [-0.39, 0.29) is 29.5 Å². The molecule has 0 amide bonds. The molecule has 36 heavy (non-hydrogen) atoms. The second-order valence-electron chi connectivity index (χ2n) is 9.07. The van der Waals surface area contributed by atoms with Crippen LogP contribution in [0, 0.1) is 12.3 Å². The first kappa shape index (κ1) is 27.4. The molecule has 10 heteroatoms. The summed E-state index contributed by atoms with van der Waals surface area (Å²) < 4.78 is 45.3. The van der Waals surface area contributed by atoms with Crippen molar-refractivity contribution in [2.24, 2.45) is 5.41 Å². The zero-order valence-electron chi connectivity index (χ0n) is 20.4. The minimum Gasteiger partial charge on any atom is -0.494 e. The third kappa shape index (κ3) is 6.32. The van der Waals surface area contributed by atoms with Gasteiger partial charge >= 0.3 is 11.9 Å². The van der Waals surface area contributed by atoms with Crippen molar-refractivity contribution in [2.75, 3.05) is 6.61 Å². The van der Waals surface area contributed by atoms with Crippen LogP contribution in [0.3, 0.4) is 0 Å². The Morgan fingerprint density at radius 2 is 1.83 bits per heavy atom. The van der Waals surface area contributed by atoms with Crippen LogP contribution in [0.2, 0.25) is 5.02 Å². The molecule has 2 aromatic carbocycles. The van der Waals surface area contributed by atoms with Crippen LogP contribution in [0.25, 0.3) is 22.8 Å². The fourth-order valence-electron chi connectivity index (χ4n) is 3.46. The van der Waals surface area contributed by atoms with E-state index in [2.05, 4.69) is 15.0 Å². The Hall–Kier alpha value is -3.20. The number of alkyl halides is 3. The number of benzene rings is 2. The summed E-state index contributed by atoms with van der Waals surface area (Å²) in [6.45, 7) is 6.17. The third-order valence-corrected chi connectivity index (χ3v) is 6.09. The lowest BCUT2D eigenvalue weighted by Gasteiger charge is -2.26. The van der Waals surface area contributed by atoms with Gasteiger partial charge in [0.1, 0.15) is 22.8 Å². The number of aromatic amines is 1. The Balaban J connectivity index is 1.93. The maximum Gasteiger partial charge on any atom is 0.400 e. The zero-order chi connectivity index (χ0) is 26.7. The molecule has 0 aliphatic rings. The summed E-state index contributed by atoms with van der Waals surface area (Å²) in [5, 5.41) is 0.275. The highest BCUT2D eigenvalue weighted by Gasteiger charge is 2.51. The monoisotopic (exact) mass is 521 g/mol. The van der Waals surface area contributed by atoms with E-state index in [0.717, 1.165) is 25.8 Å². The summed E-state index contributed by atoms with van der Waals surface area (Å²) >= 11 is 6.37. The number of Topliss-reactive ketones (excluding diaryl/α,β-unsaturated/α-hetero) is 1. The minimum atomic E-state index is -4.64. The molecule has 1 aromatic heterocycles. The topological polar surface area (TPSA) is 84.9 Å². The fourth-order valence-corrected chi connectivity index (χ4v) is 3.67. The molecule has 0 aliphatic carbocycles. The Bertz CT molecular complexity index is 1320. The van der Waals surface area contributed by atoms with Crippen LogP contribution in [0.5, 0.6) is 5.75 Å². The van der Waals surface area contributed by atoms with Crippen LogP contribution in [-0.2, 0) is 11.2 Å². The van der Waals surface area contributed by atoms with E-state index < -0.39 is 23.1 Å². The van der Waals surface area contributed by atoms with Crippen molar-refractivity contribution in [3.63, 3.8) is 0 Å². The molecule has 0 saturated heterocycles. The molecule has 1 heterocycles. The Morgan fingerprint density at radius 3 is 2.50 bits per heavy atom. The van der Waals surface area contributed by atoms with Crippen LogP contribution >= 0.6 is 11.6 Å². The molecule has 0 spiro atoms. The number of carbonyl (C=O) groups excluding carboxylic acids is 1. The van der Waals surface area contributed by atoms with E-state index in [4.69, 9.17) is 16.3 Å². The smallest absolute Gasteiger partial charge is 0.400 e. The van der Waals surface area contributed by atoms with Gasteiger partial charge in [-0.05, 0) is 75.1 Å². The van der Waals surface area contributed by atoms with Crippen molar-refractivity contribution in [3.8, 4) is 28.5 Å². The van der Waals surface area contributed by atoms with Crippen LogP contribution in [0.1, 0.15) is 44.7 Å². The first-order chi connectivity index (χ1) is 16.8. The standard InChI is InChI=1S/C26H27ClF3N3O3/c1-5-10-36-18-12-15(2)11-17(14-18)22-31-23(33-24(35)32-22)19-13-16(6-8-20(19)27)7-9-21(34)25(3,4)26(28,29)30/h6,8,11-14H,5,7,9-10H2,1-4H3,(H,31,32,33,35). The van der Waals surface area contributed by atoms with E-state index in [1.165, 1.54) is 0 Å². The molecule has 0 bridgehead atoms. The summed E-state index contributed by atoms with van der Waals surface area (Å²) in [7, 11) is 0. The normalized spacial score (nSPS) is 12.0. The number of nitrogens with zero attached hydrogens (tertiary/aromatic N) is 2. The van der Waals surface area contributed by atoms with Crippen molar-refractivity contribution in [2.45, 2.75) is 53.1 Å². The second-order valence-corrected chi connectivity index (χ2v) is 9.48. The maximum atomic E-state index is 13.2. The highest BCUT2D eigenvalue weighted by molar-refractivity contribution is 6.33. The van der Waals surface area contributed by atoms with Crippen molar-refractivity contribution < 1.29 is 22.7 Å². The quantitative estimate of drug-likeness (QED) is 0.355. The van der Waals surface area contributed by atoms with E-state index in [9.17, 15) is 22.8 Å². The van der Waals surface area contributed by atoms with Gasteiger partial charge in [-0.25, -0.2) is 9.78 Å². The van der Waals surface area contributed by atoms with Gasteiger partial charge in [0.15, 0.2) is 5.82 Å². The van der Waals surface area contributed by atoms with E-state index in [1.54, 1.807) is 24.3 Å². The van der Waals surface area contributed by atoms with Gasteiger partial charge in [0.2, 0.25) is 0 Å². The lowest BCUT2D eigenvalue weighted by molar-refractivity contribution is -0.210. The first-order valence-electron chi connectivity index (χ1n) is 11.4. The predicted molar refractivity (Wildman–Crippen MR) is 132 cm³/mol. The summed E-state index contributed by atoms with van der Waals surface area (Å²) in [5.41, 5.74) is -0.657. The summed E-state index contributed by atoms with van der Waals surface area (Å²) in [5.74, 6) is 0.0345. The SMILES string of the molecule is CCCOc1cc(C)cc(-c2nc(-c3cc(CCC(=O)C(C)(C)C(F)(F)F)ccc3Cl)[nH]c(=O)n2)c1. The molecule has 0 fully saturated rings. The van der Waals surface area contributed by atoms with Crippen molar-refractivity contribution in [3.05, 3.63) is 63.0 Å². The predicted octanol–water partition coefficient (Wildman–Crippen LogP) is 6.34. The van der Waals surface area contributed by atoms with E-state index in [1.807, 2.05) is 26.0 Å². The summed E-state index contributed by atoms with van der Waals surface area (Å²) in [6, 6.07) is 10.2. The molecule has 3 aromatic rings. The number of carbonyl (C=O) groups is 1. The lowest BCUT2D eigenvalue weighted by Crippen LogP contribution is -2.39. The van der Waals surface area contributed by atoms with E-state index >= 15 is 0 Å². The maximum absolute atomic E-state index is 13.2. The molecule has 0 radical (unpaired) electrons. The molecule has 0 saturated carbocycles. The number of aromatic nitrogens is 3. The van der Waals surface area contributed by atoms with Gasteiger partial charge < -0.3 is 4.74 Å². The molecular weight excluding hydrogens is 495 g/mol. The highest BCUT2D eigenvalue weighted by Crippen LogP contribution is 2.39. The zero-order valence-corrected chi connectivity index (χ0v) is 21.2. The molecule has 0 atom stereocenters. The van der Waals surface area contributed by atoms with Gasteiger partial charge in [-0.15, -0.1) is 0 Å². The van der Waals surface area contributed by atoms with Crippen LogP contribution in [-0.4, -0.2) is 33.5 Å². The van der Waals surface area contributed by atoms with Crippen molar-refractivity contribution in [1.82, 2.24) is 15.0 Å². The highest BCUT2D eigenvalue weighted by atomic mass is 35.5. The molecule has 192 valence electrons. The summed E-state index contributed by atoms with van der Waals surface area (Å²) in [6.07, 6.45) is -4.03. The minimum absolute atomic E-state index is 0.0701. The average molecular weight is 522 g/mol. The Kier molecular flexibility index (Phi) is 8.23. The molecule has 0 aliphatic heterocycles. The van der Waals surface area contributed by atoms with Crippen molar-refractivity contribution >= 4 is 17.4 Å². The molecular formula is C26H27ClF3N3O3. The number of rotatable bonds is 9. The lowest BCUT2D eigenvalue weighted by atomic mass is 9.84. The van der Waals surface area contributed by atoms with Crippen LogP contribution in [0.4, 0.5) is 13.2 Å². The number of ether oxygens (including phenoxy) is 1. The third-order valence-electron chi connectivity index (χ3n) is 5.76. The van der Waals surface area contributed by atoms with E-state index in [0.29, 0.717) is 29.0 Å². The van der Waals surface area contributed by atoms with Gasteiger partial charge in [0.25, 0.3) is 0 Å². The Morgan fingerprint density at radius 1 is 1.11 bits per heavy atom. The number of aryl methyl sites for hydroxylation is 2. The van der Waals surface area contributed by atoms with Gasteiger partial charge in [-0.2, -0.15) is 18.2 Å². The van der Waals surface area contributed by atoms with Crippen LogP contribution in [0.15, 0.2) is 41.2 Å². The number of hydrogen-bond donors (Lipinski definition) is 1. The largest absolute Gasteiger partial charge is 0.494 e. The van der Waals surface area contributed by atoms with Gasteiger partial charge in [0.05, 0.1) is 11.6 Å². The molecule has 3 rings (SSSR count). The number of halogens is 4. The molecule has 1 N–H and O–H groups in total. The first-order valence-corrected chi connectivity index (χ1v) is 11.8. The second kappa shape index (κ2) is 10.8. The summed E-state index contributed by atoms with van der Waals surface area (Å²) in [4.78, 5) is 35.7. The fraction of sp³-hybridized carbons (Fsp3) is 0.385. The average Bonchev–Trinajstić information content (AvgIpc) is 2.80. The Labute approximate surface area is 211 Å². The van der Waals surface area contributed by atoms with Gasteiger partial charge in [0, 0.05) is 17.5 Å². The number of H-pyrrole nitrogens is 1. The van der Waals surface area contributed by atoms with Crippen molar-refractivity contribution in [1.29, 1.82) is 0 Å². The number of hydrogen-bond acceptors (Lipinski definition) is 5.